The average Bonchev–Trinajstić information content (AvgIpc) is 2.96. The summed E-state index contributed by atoms with van der Waals surface area (Å²) in [5.41, 5.74) is 2.80. The zero-order chi connectivity index (χ0) is 15.2. The highest BCUT2D eigenvalue weighted by atomic mass is 16.1. The van der Waals surface area contributed by atoms with Crippen molar-refractivity contribution in [2.45, 2.75) is 52.5 Å². The molecule has 0 N–H and O–H groups in total. The molecule has 2 rings (SSSR count). The molecule has 3 nitrogen and oxygen atoms in total. The molecular weight excluding hydrogens is 260 g/mol. The van der Waals surface area contributed by atoms with Crippen LogP contribution < -0.4 is 0 Å². The Morgan fingerprint density at radius 1 is 1.14 bits per heavy atom. The predicted octanol–water partition coefficient (Wildman–Crippen LogP) is 4.23. The molecule has 1 heterocycles. The Bertz CT molecular complexity index is 597. The molecule has 0 aliphatic heterocycles. The summed E-state index contributed by atoms with van der Waals surface area (Å²) in [5, 5.41) is 4.57. The molecule has 1 aromatic heterocycles. The minimum atomic E-state index is 0.155. The third-order valence-corrected chi connectivity index (χ3v) is 4.02. The number of aryl methyl sites for hydroxylation is 1. The van der Waals surface area contributed by atoms with Crippen molar-refractivity contribution in [1.29, 1.82) is 0 Å². The minimum Gasteiger partial charge on any atom is -0.294 e. The van der Waals surface area contributed by atoms with E-state index >= 15 is 0 Å². The number of aromatic nitrogens is 2. The summed E-state index contributed by atoms with van der Waals surface area (Å²) >= 11 is 0. The molecule has 0 radical (unpaired) electrons. The van der Waals surface area contributed by atoms with Gasteiger partial charge in [0.1, 0.15) is 0 Å². The first-order valence-electron chi connectivity index (χ1n) is 7.84. The molecule has 0 aliphatic carbocycles. The van der Waals surface area contributed by atoms with Gasteiger partial charge in [-0.3, -0.25) is 9.48 Å². The lowest BCUT2D eigenvalue weighted by atomic mass is 9.99. The first-order valence-corrected chi connectivity index (χ1v) is 7.84. The van der Waals surface area contributed by atoms with Crippen molar-refractivity contribution in [2.24, 2.45) is 0 Å². The van der Waals surface area contributed by atoms with Gasteiger partial charge >= 0.3 is 0 Å². The lowest BCUT2D eigenvalue weighted by Gasteiger charge is -2.12. The largest absolute Gasteiger partial charge is 0.294 e. The van der Waals surface area contributed by atoms with Crippen molar-refractivity contribution in [3.05, 3.63) is 53.3 Å². The number of benzene rings is 1. The van der Waals surface area contributed by atoms with Crippen LogP contribution >= 0.6 is 0 Å². The Balaban J connectivity index is 2.13. The Hall–Kier alpha value is -1.90. The van der Waals surface area contributed by atoms with Gasteiger partial charge in [0, 0.05) is 11.8 Å². The minimum absolute atomic E-state index is 0.155. The number of carbonyl (C=O) groups is 1. The molecule has 0 bridgehead atoms. The van der Waals surface area contributed by atoms with Gasteiger partial charge in [0.05, 0.1) is 18.2 Å². The van der Waals surface area contributed by atoms with Crippen LogP contribution in [-0.2, 0) is 12.8 Å². The molecule has 0 saturated carbocycles. The summed E-state index contributed by atoms with van der Waals surface area (Å²) in [6.07, 6.45) is 5.37. The zero-order valence-electron chi connectivity index (χ0n) is 13.2. The number of hydrogen-bond acceptors (Lipinski definition) is 2. The normalized spacial score (nSPS) is 11.0. The summed E-state index contributed by atoms with van der Waals surface area (Å²) in [5.74, 6) is 0.155. The maximum atomic E-state index is 12.5. The van der Waals surface area contributed by atoms with E-state index in [-0.39, 0.29) is 5.78 Å². The Kier molecular flexibility index (Phi) is 5.32. The fourth-order valence-corrected chi connectivity index (χ4v) is 2.70. The van der Waals surface area contributed by atoms with Gasteiger partial charge in [0.2, 0.25) is 0 Å². The lowest BCUT2D eigenvalue weighted by molar-refractivity contribution is 0.0991. The first kappa shape index (κ1) is 15.5. The van der Waals surface area contributed by atoms with Crippen molar-refractivity contribution in [1.82, 2.24) is 9.78 Å². The topological polar surface area (TPSA) is 34.9 Å². The lowest BCUT2D eigenvalue weighted by Crippen LogP contribution is -2.10. The van der Waals surface area contributed by atoms with Crippen molar-refractivity contribution < 1.29 is 4.79 Å². The maximum absolute atomic E-state index is 12.5. The predicted molar refractivity (Wildman–Crippen MR) is 85.7 cm³/mol. The second-order valence-electron chi connectivity index (χ2n) is 5.37. The van der Waals surface area contributed by atoms with Gasteiger partial charge in [-0.2, -0.15) is 5.10 Å². The second kappa shape index (κ2) is 7.21. The monoisotopic (exact) mass is 284 g/mol. The van der Waals surface area contributed by atoms with Gasteiger partial charge in [-0.05, 0) is 30.9 Å². The van der Waals surface area contributed by atoms with Crippen LogP contribution in [0.5, 0.6) is 0 Å². The van der Waals surface area contributed by atoms with E-state index in [0.29, 0.717) is 12.5 Å². The molecule has 2 aromatic rings. The van der Waals surface area contributed by atoms with Gasteiger partial charge in [-0.1, -0.05) is 45.0 Å². The van der Waals surface area contributed by atoms with Gasteiger partial charge in [-0.25, -0.2) is 0 Å². The first-order chi connectivity index (χ1) is 10.2. The Morgan fingerprint density at radius 2 is 1.86 bits per heavy atom. The quantitative estimate of drug-likeness (QED) is 0.713. The van der Waals surface area contributed by atoms with Gasteiger partial charge in [0.25, 0.3) is 0 Å². The maximum Gasteiger partial charge on any atom is 0.169 e. The van der Waals surface area contributed by atoms with E-state index in [2.05, 4.69) is 25.9 Å². The molecule has 21 heavy (non-hydrogen) atoms. The molecule has 0 spiro atoms. The van der Waals surface area contributed by atoms with E-state index in [0.717, 1.165) is 36.1 Å². The summed E-state index contributed by atoms with van der Waals surface area (Å²) in [7, 11) is 0. The second-order valence-corrected chi connectivity index (χ2v) is 5.37. The van der Waals surface area contributed by atoms with E-state index in [1.165, 1.54) is 0 Å². The number of nitrogens with zero attached hydrogens (tertiary/aromatic N) is 2. The number of ketones is 1. The number of Topliss-reactive ketones (excluding diaryl/α,β-unsaturated/α-hetero) is 1. The third kappa shape index (κ3) is 3.60. The number of hydrogen-bond donors (Lipinski definition) is 0. The highest BCUT2D eigenvalue weighted by Crippen LogP contribution is 2.16. The van der Waals surface area contributed by atoms with E-state index in [9.17, 15) is 4.79 Å². The summed E-state index contributed by atoms with van der Waals surface area (Å²) in [4.78, 5) is 12.5. The molecule has 3 heteroatoms. The van der Waals surface area contributed by atoms with Crippen molar-refractivity contribution in [3.8, 4) is 0 Å². The average molecular weight is 284 g/mol. The molecule has 0 unspecified atom stereocenters. The van der Waals surface area contributed by atoms with Crippen LogP contribution in [0.15, 0.2) is 36.5 Å². The van der Waals surface area contributed by atoms with Gasteiger partial charge < -0.3 is 0 Å². The molecule has 0 amide bonds. The molecule has 0 saturated heterocycles. The molecule has 1 aromatic carbocycles. The van der Waals surface area contributed by atoms with Crippen molar-refractivity contribution in [2.75, 3.05) is 0 Å². The van der Waals surface area contributed by atoms with Gasteiger partial charge in [-0.15, -0.1) is 0 Å². The van der Waals surface area contributed by atoms with Gasteiger partial charge in [0.15, 0.2) is 5.78 Å². The number of carbonyl (C=O) groups excluding carboxylic acids is 1. The van der Waals surface area contributed by atoms with E-state index < -0.39 is 0 Å². The van der Waals surface area contributed by atoms with E-state index in [1.807, 2.05) is 41.2 Å². The summed E-state index contributed by atoms with van der Waals surface area (Å²) < 4.78 is 1.99. The zero-order valence-corrected chi connectivity index (χ0v) is 13.2. The van der Waals surface area contributed by atoms with E-state index in [4.69, 9.17) is 0 Å². The van der Waals surface area contributed by atoms with Crippen LogP contribution in [0.25, 0.3) is 0 Å². The summed E-state index contributed by atoms with van der Waals surface area (Å²) in [6, 6.07) is 10.2. The molecule has 0 fully saturated rings. The highest BCUT2D eigenvalue weighted by molar-refractivity contribution is 5.98. The van der Waals surface area contributed by atoms with Crippen LogP contribution in [0.2, 0.25) is 0 Å². The van der Waals surface area contributed by atoms with Crippen LogP contribution in [0.3, 0.4) is 0 Å². The van der Waals surface area contributed by atoms with E-state index in [1.54, 1.807) is 0 Å². The van der Waals surface area contributed by atoms with Crippen LogP contribution in [-0.4, -0.2) is 15.6 Å². The van der Waals surface area contributed by atoms with Crippen molar-refractivity contribution in [3.63, 3.8) is 0 Å². The molecule has 112 valence electrons. The molecular formula is C18H24N2O. The fourth-order valence-electron chi connectivity index (χ4n) is 2.70. The molecule has 0 aliphatic rings. The smallest absolute Gasteiger partial charge is 0.169 e. The molecule has 0 atom stereocenters. The van der Waals surface area contributed by atoms with Crippen LogP contribution in [0, 0.1) is 0 Å². The van der Waals surface area contributed by atoms with Crippen LogP contribution in [0.4, 0.5) is 0 Å². The summed E-state index contributed by atoms with van der Waals surface area (Å²) in [6.45, 7) is 6.41. The Morgan fingerprint density at radius 3 is 2.52 bits per heavy atom. The SMILES string of the molecule is CCc1ccccc1C(=O)Cc1ccn(C(CC)CC)n1. The number of rotatable bonds is 7. The fraction of sp³-hybridized carbons (Fsp3) is 0.444. The van der Waals surface area contributed by atoms with Crippen molar-refractivity contribution >= 4 is 5.78 Å². The van der Waals surface area contributed by atoms with Crippen LogP contribution in [0.1, 0.15) is 61.3 Å². The Labute approximate surface area is 127 Å². The highest BCUT2D eigenvalue weighted by Gasteiger charge is 2.14. The third-order valence-electron chi connectivity index (χ3n) is 4.02. The standard InChI is InChI=1S/C18H24N2O/c1-4-14-9-7-8-10-17(14)18(21)13-15-11-12-20(19-15)16(5-2)6-3/h7-12,16H,4-6,13H2,1-3H3.